The van der Waals surface area contributed by atoms with Crippen LogP contribution in [0.2, 0.25) is 0 Å². The predicted molar refractivity (Wildman–Crippen MR) is 49.4 cm³/mol. The number of likely N-dealkylation sites (tertiary alicyclic amines) is 1. The molecule has 0 aromatic carbocycles. The van der Waals surface area contributed by atoms with Gasteiger partial charge in [0.15, 0.2) is 0 Å². The molecule has 11 heavy (non-hydrogen) atoms. The quantitative estimate of drug-likeness (QED) is 0.472. The second-order valence-corrected chi connectivity index (χ2v) is 5.27. The first-order chi connectivity index (χ1) is 4.79. The third-order valence-electron chi connectivity index (χ3n) is 4.22. The average molecular weight is 156 g/mol. The Hall–Kier alpha value is -0.0400. The maximum atomic E-state index is 2.38. The second-order valence-electron chi connectivity index (χ2n) is 5.27. The van der Waals surface area contributed by atoms with E-state index in [1.54, 1.807) is 0 Å². The molecule has 1 nitrogen and oxygen atoms in total. The molecule has 1 heterocycles. The van der Waals surface area contributed by atoms with Crippen molar-refractivity contribution in [3.05, 3.63) is 0 Å². The highest BCUT2D eigenvalue weighted by atomic mass is 15.4. The minimum atomic E-state index is 0.471. The van der Waals surface area contributed by atoms with Gasteiger partial charge in [0.05, 0.1) is 25.7 Å². The van der Waals surface area contributed by atoms with Gasteiger partial charge in [-0.25, -0.2) is 0 Å². The maximum absolute atomic E-state index is 2.38. The summed E-state index contributed by atoms with van der Waals surface area (Å²) >= 11 is 0. The molecule has 0 aromatic heterocycles. The zero-order chi connectivity index (χ0) is 8.86. The molecule has 0 spiro atoms. The lowest BCUT2D eigenvalue weighted by Gasteiger charge is -2.42. The summed E-state index contributed by atoms with van der Waals surface area (Å²) in [5.41, 5.74) is 0.471. The summed E-state index contributed by atoms with van der Waals surface area (Å²) in [6.45, 7) is 9.51. The smallest absolute Gasteiger partial charge is 0.0938 e. The number of hydrogen-bond donors (Lipinski definition) is 0. The highest BCUT2D eigenvalue weighted by Gasteiger charge is 2.50. The van der Waals surface area contributed by atoms with Crippen molar-refractivity contribution < 1.29 is 4.48 Å². The molecule has 1 rings (SSSR count). The normalized spacial score (nSPS) is 40.9. The van der Waals surface area contributed by atoms with Gasteiger partial charge in [-0.15, -0.1) is 0 Å². The van der Waals surface area contributed by atoms with Crippen LogP contribution in [-0.4, -0.2) is 30.2 Å². The highest BCUT2D eigenvalue weighted by molar-refractivity contribution is 4.84. The summed E-state index contributed by atoms with van der Waals surface area (Å²) in [7, 11) is 4.71. The van der Waals surface area contributed by atoms with E-state index in [0.29, 0.717) is 5.54 Å². The molecule has 0 bridgehead atoms. The lowest BCUT2D eigenvalue weighted by molar-refractivity contribution is -0.946. The molecule has 0 N–H and O–H groups in total. The number of nitrogens with zero attached hydrogens (tertiary/aromatic N) is 1. The highest BCUT2D eigenvalue weighted by Crippen LogP contribution is 2.41. The Morgan fingerprint density at radius 3 is 1.73 bits per heavy atom. The van der Waals surface area contributed by atoms with Gasteiger partial charge in [0.2, 0.25) is 0 Å². The summed E-state index contributed by atoms with van der Waals surface area (Å²) < 4.78 is 1.17. The van der Waals surface area contributed by atoms with E-state index in [2.05, 4.69) is 41.8 Å². The van der Waals surface area contributed by atoms with Gasteiger partial charge in [-0.2, -0.15) is 0 Å². The third-order valence-corrected chi connectivity index (χ3v) is 4.22. The molecule has 1 aliphatic rings. The van der Waals surface area contributed by atoms with Crippen LogP contribution in [-0.2, 0) is 0 Å². The molecule has 0 saturated carbocycles. The van der Waals surface area contributed by atoms with Crippen LogP contribution in [0.3, 0.4) is 0 Å². The van der Waals surface area contributed by atoms with Gasteiger partial charge in [0.25, 0.3) is 0 Å². The Balaban J connectivity index is 2.92. The zero-order valence-electron chi connectivity index (χ0n) is 8.81. The summed E-state index contributed by atoms with van der Waals surface area (Å²) in [5.74, 6) is 0.875. The van der Waals surface area contributed by atoms with Gasteiger partial charge in [-0.1, -0.05) is 6.92 Å². The molecular formula is C10H22N+. The van der Waals surface area contributed by atoms with Crippen molar-refractivity contribution in [2.24, 2.45) is 5.92 Å². The van der Waals surface area contributed by atoms with Crippen LogP contribution in [0.4, 0.5) is 0 Å². The van der Waals surface area contributed by atoms with E-state index in [9.17, 15) is 0 Å². The number of hydrogen-bond acceptors (Lipinski definition) is 0. The van der Waals surface area contributed by atoms with Crippen LogP contribution < -0.4 is 0 Å². The first-order valence-electron chi connectivity index (χ1n) is 4.63. The van der Waals surface area contributed by atoms with E-state index in [-0.39, 0.29) is 0 Å². The van der Waals surface area contributed by atoms with Crippen molar-refractivity contribution in [2.45, 2.75) is 45.7 Å². The van der Waals surface area contributed by atoms with E-state index in [1.807, 2.05) is 0 Å². The van der Waals surface area contributed by atoms with Crippen LogP contribution in [0, 0.1) is 5.92 Å². The summed E-state index contributed by atoms with van der Waals surface area (Å²) in [5, 5.41) is 0. The van der Waals surface area contributed by atoms with Crippen LogP contribution in [0.5, 0.6) is 0 Å². The molecule has 66 valence electrons. The lowest BCUT2D eigenvalue weighted by Crippen LogP contribution is -2.55. The van der Waals surface area contributed by atoms with Gasteiger partial charge in [0, 0.05) is 12.3 Å². The first-order valence-corrected chi connectivity index (χ1v) is 4.63. The first kappa shape index (κ1) is 9.05. The van der Waals surface area contributed by atoms with Crippen molar-refractivity contribution in [1.29, 1.82) is 0 Å². The van der Waals surface area contributed by atoms with Crippen molar-refractivity contribution in [3.8, 4) is 0 Å². The molecule has 1 fully saturated rings. The van der Waals surface area contributed by atoms with Gasteiger partial charge in [-0.3, -0.25) is 0 Å². The van der Waals surface area contributed by atoms with Crippen molar-refractivity contribution in [3.63, 3.8) is 0 Å². The van der Waals surface area contributed by atoms with E-state index < -0.39 is 0 Å². The Bertz CT molecular complexity index is 158. The topological polar surface area (TPSA) is 0 Å². The van der Waals surface area contributed by atoms with E-state index in [4.69, 9.17) is 0 Å². The summed E-state index contributed by atoms with van der Waals surface area (Å²) in [6.07, 6.45) is 1.36. The molecule has 1 aliphatic heterocycles. The predicted octanol–water partition coefficient (Wildman–Crippen LogP) is 2.27. The van der Waals surface area contributed by atoms with Crippen LogP contribution in [0.1, 0.15) is 34.1 Å². The molecule has 0 radical (unpaired) electrons. The van der Waals surface area contributed by atoms with E-state index in [1.165, 1.54) is 10.9 Å². The minimum Gasteiger partial charge on any atom is -0.322 e. The van der Waals surface area contributed by atoms with Crippen molar-refractivity contribution >= 4 is 0 Å². The maximum Gasteiger partial charge on any atom is 0.0938 e. The number of rotatable bonds is 0. The van der Waals surface area contributed by atoms with Crippen molar-refractivity contribution in [1.82, 2.24) is 0 Å². The fourth-order valence-corrected chi connectivity index (χ4v) is 2.38. The third kappa shape index (κ3) is 1.10. The molecule has 1 heteroatoms. The standard InChI is InChI=1S/C10H22N/c1-8-7-10(3,4)11(5,6)9(8)2/h8-9H,7H2,1-6H3/q+1. The van der Waals surface area contributed by atoms with Crippen LogP contribution >= 0.6 is 0 Å². The molecule has 2 unspecified atom stereocenters. The molecular weight excluding hydrogens is 134 g/mol. The Morgan fingerprint density at radius 1 is 1.18 bits per heavy atom. The second kappa shape index (κ2) is 2.22. The van der Waals surface area contributed by atoms with E-state index in [0.717, 1.165) is 12.0 Å². The summed E-state index contributed by atoms with van der Waals surface area (Å²) in [4.78, 5) is 0. The Labute approximate surface area is 71.0 Å². The van der Waals surface area contributed by atoms with Crippen LogP contribution in [0.25, 0.3) is 0 Å². The molecule has 0 aliphatic carbocycles. The minimum absolute atomic E-state index is 0.471. The van der Waals surface area contributed by atoms with Gasteiger partial charge in [0.1, 0.15) is 0 Å². The molecule has 0 amide bonds. The molecule has 2 atom stereocenters. The Morgan fingerprint density at radius 2 is 1.64 bits per heavy atom. The van der Waals surface area contributed by atoms with Gasteiger partial charge >= 0.3 is 0 Å². The fraction of sp³-hybridized carbons (Fsp3) is 1.00. The molecule has 0 aromatic rings. The Kier molecular flexibility index (Phi) is 1.83. The lowest BCUT2D eigenvalue weighted by atomic mass is 9.96. The fourth-order valence-electron chi connectivity index (χ4n) is 2.38. The van der Waals surface area contributed by atoms with Crippen LogP contribution in [0.15, 0.2) is 0 Å². The average Bonchev–Trinajstić information content (AvgIpc) is 1.93. The van der Waals surface area contributed by atoms with Gasteiger partial charge < -0.3 is 4.48 Å². The zero-order valence-corrected chi connectivity index (χ0v) is 8.81. The number of quaternary nitrogens is 1. The largest absolute Gasteiger partial charge is 0.322 e. The summed E-state index contributed by atoms with van der Waals surface area (Å²) in [6, 6.07) is 0.810. The van der Waals surface area contributed by atoms with E-state index >= 15 is 0 Å². The monoisotopic (exact) mass is 156 g/mol. The SMILES string of the molecule is CC1CC(C)(C)[N+](C)(C)C1C. The van der Waals surface area contributed by atoms with Crippen molar-refractivity contribution in [2.75, 3.05) is 14.1 Å². The molecule has 1 saturated heterocycles. The van der Waals surface area contributed by atoms with Gasteiger partial charge in [-0.05, 0) is 20.8 Å².